The number of carbonyl (C=O) groups is 2. The van der Waals surface area contributed by atoms with Crippen LogP contribution >= 0.6 is 0 Å². The van der Waals surface area contributed by atoms with Crippen molar-refractivity contribution in [2.24, 2.45) is 0 Å². The summed E-state index contributed by atoms with van der Waals surface area (Å²) < 4.78 is 4.53. The molecule has 7 heteroatoms. The topological polar surface area (TPSA) is 80.4 Å². The number of aromatic nitrogens is 3. The molecule has 10 rings (SSSR count). The van der Waals surface area contributed by atoms with Crippen LogP contribution < -0.4 is 0 Å². The smallest absolute Gasteiger partial charge is 0.304 e. The van der Waals surface area contributed by atoms with Gasteiger partial charge in [-0.2, -0.15) is 0 Å². The molecule has 3 aromatic carbocycles. The summed E-state index contributed by atoms with van der Waals surface area (Å²) in [6.07, 6.45) is 9.32. The minimum atomic E-state index is -0.832. The second-order valence-electron chi connectivity index (χ2n) is 11.9. The predicted octanol–water partition coefficient (Wildman–Crippen LogP) is 6.68. The lowest BCUT2D eigenvalue weighted by Crippen LogP contribution is -2.36. The molecule has 2 aromatic heterocycles. The summed E-state index contributed by atoms with van der Waals surface area (Å²) in [5.41, 5.74) is 9.24. The fourth-order valence-electron chi connectivity index (χ4n) is 7.02. The van der Waals surface area contributed by atoms with Crippen LogP contribution in [0.3, 0.4) is 0 Å². The van der Waals surface area contributed by atoms with Crippen LogP contribution in [0.5, 0.6) is 0 Å². The molecule has 214 valence electrons. The minimum Gasteiger partial charge on any atom is -0.481 e. The summed E-state index contributed by atoms with van der Waals surface area (Å²) in [6.45, 7) is 5.13. The van der Waals surface area contributed by atoms with E-state index in [-0.39, 0.29) is 18.2 Å². The van der Waals surface area contributed by atoms with Gasteiger partial charge in [-0.15, -0.1) is 0 Å². The van der Waals surface area contributed by atoms with Gasteiger partial charge in [-0.3, -0.25) is 9.59 Å². The number of rotatable bonds is 2. The molecule has 1 unspecified atom stereocenters. The fourth-order valence-corrected chi connectivity index (χ4v) is 7.02. The molecule has 0 aliphatic carbocycles. The molecule has 1 amide bonds. The van der Waals surface area contributed by atoms with Crippen molar-refractivity contribution < 1.29 is 14.7 Å². The maximum absolute atomic E-state index is 13.7. The van der Waals surface area contributed by atoms with Crippen LogP contribution in [0.15, 0.2) is 67.1 Å². The minimum absolute atomic E-state index is 0.00581. The van der Waals surface area contributed by atoms with Gasteiger partial charge in [0.1, 0.15) is 0 Å². The largest absolute Gasteiger partial charge is 0.481 e. The first-order chi connectivity index (χ1) is 20.5. The van der Waals surface area contributed by atoms with E-state index in [1.165, 1.54) is 11.1 Å². The zero-order valence-corrected chi connectivity index (χ0v) is 24.1. The molecule has 0 spiro atoms. The van der Waals surface area contributed by atoms with Crippen LogP contribution in [-0.2, 0) is 30.8 Å². The zero-order valence-electron chi connectivity index (χ0n) is 24.1. The first kappa shape index (κ1) is 26.5. The Morgan fingerprint density at radius 3 is 2.55 bits per heavy atom. The summed E-state index contributed by atoms with van der Waals surface area (Å²) in [5.74, 6) is -1.10. The molecule has 5 aromatic rings. The van der Waals surface area contributed by atoms with Crippen LogP contribution in [0.1, 0.15) is 76.2 Å². The quantitative estimate of drug-likeness (QED) is 0.261. The second-order valence-corrected chi connectivity index (χ2v) is 11.9. The van der Waals surface area contributed by atoms with E-state index >= 15 is 0 Å². The van der Waals surface area contributed by atoms with Gasteiger partial charge in [0, 0.05) is 54.8 Å². The van der Waals surface area contributed by atoms with Crippen LogP contribution in [0.4, 0.5) is 0 Å². The van der Waals surface area contributed by atoms with Gasteiger partial charge in [0.25, 0.3) is 5.91 Å². The summed E-state index contributed by atoms with van der Waals surface area (Å²) in [4.78, 5) is 32.5. The molecular formula is C35H36N4O3. The number of hydrogen-bond donors (Lipinski definition) is 1. The molecule has 7 heterocycles. The average Bonchev–Trinajstić information content (AvgIpc) is 3.60. The number of imidazole rings is 1. The van der Waals surface area contributed by atoms with E-state index in [0.717, 1.165) is 83.9 Å². The Hall–Kier alpha value is -4.39. The van der Waals surface area contributed by atoms with Gasteiger partial charge in [0.05, 0.1) is 23.8 Å². The normalized spacial score (nSPS) is 17.8. The van der Waals surface area contributed by atoms with E-state index in [1.54, 1.807) is 0 Å². The number of carboxylic acid groups (broad SMARTS) is 1. The monoisotopic (exact) mass is 560 g/mol. The Kier molecular flexibility index (Phi) is 6.81. The van der Waals surface area contributed by atoms with Crippen molar-refractivity contribution in [2.45, 2.75) is 71.0 Å². The molecule has 42 heavy (non-hydrogen) atoms. The molecule has 0 fully saturated rings. The van der Waals surface area contributed by atoms with E-state index in [0.29, 0.717) is 18.7 Å². The predicted molar refractivity (Wildman–Crippen MR) is 164 cm³/mol. The Morgan fingerprint density at radius 1 is 0.905 bits per heavy atom. The Labute approximate surface area is 245 Å². The first-order valence-electron chi connectivity index (χ1n) is 15.1. The highest BCUT2D eigenvalue weighted by Gasteiger charge is 2.26. The van der Waals surface area contributed by atoms with Crippen molar-refractivity contribution in [3.63, 3.8) is 0 Å². The van der Waals surface area contributed by atoms with Crippen molar-refractivity contribution in [1.29, 1.82) is 0 Å². The highest BCUT2D eigenvalue weighted by Crippen LogP contribution is 2.36. The van der Waals surface area contributed by atoms with Crippen molar-refractivity contribution in [3.05, 3.63) is 101 Å². The van der Waals surface area contributed by atoms with E-state index < -0.39 is 5.97 Å². The zero-order chi connectivity index (χ0) is 28.8. The Balaban J connectivity index is 1.30. The van der Waals surface area contributed by atoms with Gasteiger partial charge < -0.3 is 19.1 Å². The third-order valence-electron chi connectivity index (χ3n) is 9.34. The van der Waals surface area contributed by atoms with Crippen LogP contribution in [0, 0.1) is 6.92 Å². The molecule has 0 radical (unpaired) electrons. The third kappa shape index (κ3) is 4.77. The number of hydrogen-bond acceptors (Lipinski definition) is 3. The van der Waals surface area contributed by atoms with Gasteiger partial charge in [0.15, 0.2) is 0 Å². The maximum Gasteiger partial charge on any atom is 0.304 e. The lowest BCUT2D eigenvalue weighted by Gasteiger charge is -2.30. The fraction of sp³-hybridized carbons (Fsp3) is 0.343. The van der Waals surface area contributed by atoms with Crippen molar-refractivity contribution in [2.75, 3.05) is 6.54 Å². The molecule has 0 saturated heterocycles. The molecule has 5 aliphatic heterocycles. The van der Waals surface area contributed by atoms with Gasteiger partial charge in [-0.1, -0.05) is 37.1 Å². The SMILES string of the molecule is Cc1c2ccc3c1ncn3CCCCCCn1ccc3cc(ccc31)C(=O)N1CCc3ccc(cc3C1)C2CC(=O)O. The van der Waals surface area contributed by atoms with Gasteiger partial charge in [0.2, 0.25) is 0 Å². The van der Waals surface area contributed by atoms with Crippen molar-refractivity contribution in [3.8, 4) is 0 Å². The first-order valence-corrected chi connectivity index (χ1v) is 15.1. The molecule has 7 nitrogen and oxygen atoms in total. The molecular weight excluding hydrogens is 524 g/mol. The van der Waals surface area contributed by atoms with Gasteiger partial charge in [-0.25, -0.2) is 4.98 Å². The number of amides is 1. The summed E-state index contributed by atoms with van der Waals surface area (Å²) in [5, 5.41) is 11.0. The standard InChI is InChI=1S/C35H36N4O3/c1-23-29-9-11-32-34(23)36-22-39(32)15-5-3-2-4-14-37-16-13-26-19-27(8-10-31(26)37)35(42)38-17-12-24-6-7-25(18-28(24)21-38)30(29)20-33(40)41/h6-11,13,16,18-19,22,30H,2-5,12,14-15,17,20-21H2,1H3,(H,40,41). The molecule has 0 saturated carbocycles. The highest BCUT2D eigenvalue weighted by molar-refractivity contribution is 5.98. The average molecular weight is 561 g/mol. The Morgan fingerprint density at radius 2 is 1.71 bits per heavy atom. The van der Waals surface area contributed by atoms with E-state index in [4.69, 9.17) is 4.98 Å². The van der Waals surface area contributed by atoms with Crippen LogP contribution in [-0.4, -0.2) is 42.5 Å². The third-order valence-corrected chi connectivity index (χ3v) is 9.34. The molecule has 11 bridgehead atoms. The van der Waals surface area contributed by atoms with Crippen molar-refractivity contribution in [1.82, 2.24) is 19.0 Å². The lowest BCUT2D eigenvalue weighted by molar-refractivity contribution is -0.137. The van der Waals surface area contributed by atoms with E-state index in [2.05, 4.69) is 64.7 Å². The van der Waals surface area contributed by atoms with E-state index in [9.17, 15) is 14.7 Å². The number of aliphatic carboxylic acids is 1. The summed E-state index contributed by atoms with van der Waals surface area (Å²) in [7, 11) is 0. The number of aryl methyl sites for hydroxylation is 3. The highest BCUT2D eigenvalue weighted by atomic mass is 16.4. The summed E-state index contributed by atoms with van der Waals surface area (Å²) in [6, 6.07) is 18.7. The molecule has 1 atom stereocenters. The number of carboxylic acids is 1. The lowest BCUT2D eigenvalue weighted by atomic mass is 9.83. The van der Waals surface area contributed by atoms with Gasteiger partial charge >= 0.3 is 5.97 Å². The van der Waals surface area contributed by atoms with Crippen molar-refractivity contribution >= 4 is 33.8 Å². The molecule has 5 aliphatic rings. The Bertz CT molecular complexity index is 1830. The van der Waals surface area contributed by atoms with Crippen LogP contribution in [0.25, 0.3) is 21.9 Å². The number of nitrogens with zero attached hydrogens (tertiary/aromatic N) is 4. The maximum atomic E-state index is 13.7. The molecule has 1 N–H and O–H groups in total. The second kappa shape index (κ2) is 10.8. The number of carbonyl (C=O) groups excluding carboxylic acids is 1. The van der Waals surface area contributed by atoms with Gasteiger partial charge in [-0.05, 0) is 84.3 Å². The van der Waals surface area contributed by atoms with E-state index in [1.807, 2.05) is 23.4 Å². The van der Waals surface area contributed by atoms with Crippen LogP contribution in [0.2, 0.25) is 0 Å². The number of benzene rings is 3. The summed E-state index contributed by atoms with van der Waals surface area (Å²) >= 11 is 0.